The van der Waals surface area contributed by atoms with Crippen molar-refractivity contribution in [1.82, 2.24) is 5.43 Å². The van der Waals surface area contributed by atoms with Gasteiger partial charge in [-0.15, -0.1) is 0 Å². The second kappa shape index (κ2) is 5.46. The molecule has 0 radical (unpaired) electrons. The monoisotopic (exact) mass is 210 g/mol. The van der Waals surface area contributed by atoms with E-state index in [-0.39, 0.29) is 17.6 Å². The third-order valence-corrected chi connectivity index (χ3v) is 2.31. The van der Waals surface area contributed by atoms with Gasteiger partial charge in [-0.25, -0.2) is 10.2 Å². The summed E-state index contributed by atoms with van der Waals surface area (Å²) >= 11 is 0. The van der Waals surface area contributed by atoms with Crippen molar-refractivity contribution in [3.8, 4) is 0 Å². The third-order valence-electron chi connectivity index (χ3n) is 2.31. The fourth-order valence-corrected chi connectivity index (χ4v) is 1.53. The zero-order chi connectivity index (χ0) is 11.3. The number of hydrogen-bond donors (Lipinski definition) is 2. The number of amides is 1. The molecule has 0 aromatic heterocycles. The van der Waals surface area contributed by atoms with Gasteiger partial charge in [-0.05, 0) is 24.1 Å². The van der Waals surface area contributed by atoms with Crippen LogP contribution in [0.3, 0.4) is 0 Å². The summed E-state index contributed by atoms with van der Waals surface area (Å²) in [6.07, 6.45) is 1.57. The highest BCUT2D eigenvalue weighted by atomic mass is 19.1. The van der Waals surface area contributed by atoms with Crippen molar-refractivity contribution in [1.29, 1.82) is 0 Å². The van der Waals surface area contributed by atoms with Gasteiger partial charge >= 0.3 is 0 Å². The Morgan fingerprint density at radius 3 is 2.53 bits per heavy atom. The standard InChI is InChI=1S/C11H15FN2O/c1-2-3-10(11(15)14-13)8-4-6-9(12)7-5-8/h4-7,10H,2-3,13H2,1H3,(H,14,15). The molecule has 1 atom stereocenters. The van der Waals surface area contributed by atoms with Gasteiger partial charge in [-0.1, -0.05) is 25.5 Å². The van der Waals surface area contributed by atoms with Crippen LogP contribution in [0.2, 0.25) is 0 Å². The first-order valence-electron chi connectivity index (χ1n) is 4.95. The molecule has 4 heteroatoms. The van der Waals surface area contributed by atoms with Crippen molar-refractivity contribution in [2.75, 3.05) is 0 Å². The average molecular weight is 210 g/mol. The summed E-state index contributed by atoms with van der Waals surface area (Å²) in [4.78, 5) is 11.5. The first-order valence-corrected chi connectivity index (χ1v) is 4.95. The minimum Gasteiger partial charge on any atom is -0.294 e. The third kappa shape index (κ3) is 3.02. The molecule has 0 aliphatic rings. The number of nitrogens with one attached hydrogen (secondary N) is 1. The predicted molar refractivity (Wildman–Crippen MR) is 56.4 cm³/mol. The van der Waals surface area contributed by atoms with E-state index in [1.165, 1.54) is 12.1 Å². The number of rotatable bonds is 4. The second-order valence-electron chi connectivity index (χ2n) is 3.40. The number of hydrazine groups is 1. The number of hydrogen-bond acceptors (Lipinski definition) is 2. The van der Waals surface area contributed by atoms with Crippen molar-refractivity contribution >= 4 is 5.91 Å². The maximum Gasteiger partial charge on any atom is 0.241 e. The largest absolute Gasteiger partial charge is 0.294 e. The highest BCUT2D eigenvalue weighted by molar-refractivity contribution is 5.82. The van der Waals surface area contributed by atoms with Gasteiger partial charge < -0.3 is 0 Å². The van der Waals surface area contributed by atoms with E-state index < -0.39 is 0 Å². The van der Waals surface area contributed by atoms with E-state index in [0.717, 1.165) is 12.0 Å². The Labute approximate surface area is 88.4 Å². The number of carbonyl (C=O) groups is 1. The molecule has 3 N–H and O–H groups in total. The van der Waals surface area contributed by atoms with Crippen LogP contribution in [-0.4, -0.2) is 5.91 Å². The highest BCUT2D eigenvalue weighted by Gasteiger charge is 2.18. The Bertz CT molecular complexity index is 324. The summed E-state index contributed by atoms with van der Waals surface area (Å²) in [5.41, 5.74) is 2.92. The number of carbonyl (C=O) groups excluding carboxylic acids is 1. The molecule has 0 aliphatic carbocycles. The van der Waals surface area contributed by atoms with Crippen LogP contribution in [-0.2, 0) is 4.79 Å². The first kappa shape index (κ1) is 11.7. The van der Waals surface area contributed by atoms with Gasteiger partial charge in [0.05, 0.1) is 5.92 Å². The first-order chi connectivity index (χ1) is 7.19. The number of benzene rings is 1. The molecule has 0 saturated carbocycles. The molecule has 0 fully saturated rings. The Morgan fingerprint density at radius 2 is 2.07 bits per heavy atom. The summed E-state index contributed by atoms with van der Waals surface area (Å²) in [6.45, 7) is 1.99. The Kier molecular flexibility index (Phi) is 4.24. The molecule has 1 aromatic carbocycles. The van der Waals surface area contributed by atoms with Crippen LogP contribution in [0.1, 0.15) is 31.2 Å². The lowest BCUT2D eigenvalue weighted by molar-refractivity contribution is -0.122. The van der Waals surface area contributed by atoms with Crippen LogP contribution in [0.4, 0.5) is 4.39 Å². The van der Waals surface area contributed by atoms with E-state index in [1.54, 1.807) is 12.1 Å². The predicted octanol–water partition coefficient (Wildman–Crippen LogP) is 1.70. The van der Waals surface area contributed by atoms with Gasteiger partial charge in [0.15, 0.2) is 0 Å². The van der Waals surface area contributed by atoms with Crippen molar-refractivity contribution in [3.63, 3.8) is 0 Å². The van der Waals surface area contributed by atoms with Crippen LogP contribution >= 0.6 is 0 Å². The molecule has 15 heavy (non-hydrogen) atoms. The zero-order valence-electron chi connectivity index (χ0n) is 8.66. The van der Waals surface area contributed by atoms with Crippen LogP contribution < -0.4 is 11.3 Å². The molecule has 82 valence electrons. The normalized spacial score (nSPS) is 12.2. The maximum atomic E-state index is 12.7. The summed E-state index contributed by atoms with van der Waals surface area (Å²) in [6, 6.07) is 5.93. The molecule has 0 heterocycles. The quantitative estimate of drug-likeness (QED) is 0.451. The summed E-state index contributed by atoms with van der Waals surface area (Å²) in [5, 5.41) is 0. The van der Waals surface area contributed by atoms with E-state index in [2.05, 4.69) is 5.43 Å². The maximum absolute atomic E-state index is 12.7. The number of halogens is 1. The van der Waals surface area contributed by atoms with Crippen molar-refractivity contribution in [3.05, 3.63) is 35.6 Å². The fourth-order valence-electron chi connectivity index (χ4n) is 1.53. The highest BCUT2D eigenvalue weighted by Crippen LogP contribution is 2.21. The van der Waals surface area contributed by atoms with Gasteiger partial charge in [0, 0.05) is 0 Å². The van der Waals surface area contributed by atoms with E-state index in [4.69, 9.17) is 5.84 Å². The van der Waals surface area contributed by atoms with E-state index in [0.29, 0.717) is 6.42 Å². The molecule has 1 amide bonds. The molecular formula is C11H15FN2O. The lowest BCUT2D eigenvalue weighted by Gasteiger charge is -2.14. The molecule has 3 nitrogen and oxygen atoms in total. The Hall–Kier alpha value is -1.42. The average Bonchev–Trinajstić information content (AvgIpc) is 2.26. The lowest BCUT2D eigenvalue weighted by Crippen LogP contribution is -2.34. The molecule has 1 rings (SSSR count). The summed E-state index contributed by atoms with van der Waals surface area (Å²) < 4.78 is 12.7. The topological polar surface area (TPSA) is 55.1 Å². The molecule has 0 saturated heterocycles. The lowest BCUT2D eigenvalue weighted by atomic mass is 9.94. The van der Waals surface area contributed by atoms with Crippen molar-refractivity contribution in [2.45, 2.75) is 25.7 Å². The van der Waals surface area contributed by atoms with Crippen molar-refractivity contribution in [2.24, 2.45) is 5.84 Å². The molecule has 0 bridgehead atoms. The van der Waals surface area contributed by atoms with Crippen LogP contribution in [0.15, 0.2) is 24.3 Å². The van der Waals surface area contributed by atoms with Gasteiger partial charge in [0.1, 0.15) is 5.82 Å². The summed E-state index contributed by atoms with van der Waals surface area (Å²) in [7, 11) is 0. The molecule has 0 aliphatic heterocycles. The van der Waals surface area contributed by atoms with Crippen LogP contribution in [0, 0.1) is 5.82 Å². The zero-order valence-corrected chi connectivity index (χ0v) is 8.66. The van der Waals surface area contributed by atoms with Gasteiger partial charge in [0.25, 0.3) is 0 Å². The Balaban J connectivity index is 2.88. The summed E-state index contributed by atoms with van der Waals surface area (Å²) in [5.74, 6) is 4.27. The minimum atomic E-state index is -0.304. The smallest absolute Gasteiger partial charge is 0.241 e. The van der Waals surface area contributed by atoms with Crippen LogP contribution in [0.25, 0.3) is 0 Å². The van der Waals surface area contributed by atoms with E-state index >= 15 is 0 Å². The molecular weight excluding hydrogens is 195 g/mol. The van der Waals surface area contributed by atoms with Crippen LogP contribution in [0.5, 0.6) is 0 Å². The second-order valence-corrected chi connectivity index (χ2v) is 3.40. The van der Waals surface area contributed by atoms with Gasteiger partial charge in [-0.2, -0.15) is 0 Å². The van der Waals surface area contributed by atoms with E-state index in [1.807, 2.05) is 6.92 Å². The SMILES string of the molecule is CCCC(C(=O)NN)c1ccc(F)cc1. The Morgan fingerprint density at radius 1 is 1.47 bits per heavy atom. The molecule has 0 spiro atoms. The fraction of sp³-hybridized carbons (Fsp3) is 0.364. The van der Waals surface area contributed by atoms with Gasteiger partial charge in [-0.3, -0.25) is 10.2 Å². The van der Waals surface area contributed by atoms with Gasteiger partial charge in [0.2, 0.25) is 5.91 Å². The van der Waals surface area contributed by atoms with E-state index in [9.17, 15) is 9.18 Å². The minimum absolute atomic E-state index is 0.233. The number of nitrogens with two attached hydrogens (primary N) is 1. The molecule has 1 aromatic rings. The van der Waals surface area contributed by atoms with Crippen molar-refractivity contribution < 1.29 is 9.18 Å². The molecule has 1 unspecified atom stereocenters.